The number of fused-ring (bicyclic) bond motifs is 1. The van der Waals surface area contributed by atoms with Gasteiger partial charge >= 0.3 is 0 Å². The van der Waals surface area contributed by atoms with Crippen LogP contribution in [0.1, 0.15) is 45.4 Å². The zero-order valence-corrected chi connectivity index (χ0v) is 14.3. The maximum atomic E-state index is 12.7. The van der Waals surface area contributed by atoms with Gasteiger partial charge in [0.05, 0.1) is 5.69 Å². The van der Waals surface area contributed by atoms with Crippen molar-refractivity contribution in [2.75, 3.05) is 18.5 Å². The molecule has 0 aromatic heterocycles. The number of likely N-dealkylation sites (tertiary alicyclic amines) is 1. The van der Waals surface area contributed by atoms with E-state index in [1.54, 1.807) is 12.1 Å². The Hall–Kier alpha value is -2.04. The van der Waals surface area contributed by atoms with Crippen molar-refractivity contribution in [1.29, 1.82) is 0 Å². The van der Waals surface area contributed by atoms with Gasteiger partial charge in [-0.2, -0.15) is 0 Å². The van der Waals surface area contributed by atoms with Crippen molar-refractivity contribution in [1.82, 2.24) is 4.90 Å². The monoisotopic (exact) mass is 330 g/mol. The number of hydrogen-bond donors (Lipinski definition) is 1. The van der Waals surface area contributed by atoms with Gasteiger partial charge in [-0.1, -0.05) is 25.0 Å². The van der Waals surface area contributed by atoms with Crippen LogP contribution in [0.2, 0.25) is 0 Å². The third-order valence-electron chi connectivity index (χ3n) is 5.11. The molecule has 1 saturated heterocycles. The summed E-state index contributed by atoms with van der Waals surface area (Å²) in [5.74, 6) is 1.11. The highest BCUT2D eigenvalue weighted by Gasteiger charge is 2.35. The summed E-state index contributed by atoms with van der Waals surface area (Å²) >= 11 is 0. The fraction of sp³-hybridized carbons (Fsp3) is 0.579. The van der Waals surface area contributed by atoms with Gasteiger partial charge in [0.15, 0.2) is 6.61 Å². The molecule has 1 aliphatic heterocycles. The molecule has 130 valence electrons. The Morgan fingerprint density at radius 2 is 1.92 bits per heavy atom. The predicted octanol–water partition coefficient (Wildman–Crippen LogP) is 3.21. The minimum absolute atomic E-state index is 0.0276. The van der Waals surface area contributed by atoms with Crippen LogP contribution < -0.4 is 10.1 Å². The van der Waals surface area contributed by atoms with Crippen molar-refractivity contribution >= 4 is 17.5 Å². The highest BCUT2D eigenvalue weighted by molar-refractivity contribution is 5.90. The van der Waals surface area contributed by atoms with Crippen molar-refractivity contribution in [3.63, 3.8) is 0 Å². The molecule has 5 heteroatoms. The summed E-state index contributed by atoms with van der Waals surface area (Å²) in [6.07, 6.45) is 7.23. The average Bonchev–Trinajstić information content (AvgIpc) is 2.60. The van der Waals surface area contributed by atoms with E-state index >= 15 is 0 Å². The Morgan fingerprint density at radius 1 is 1.17 bits per heavy atom. The van der Waals surface area contributed by atoms with Crippen molar-refractivity contribution < 1.29 is 14.3 Å². The first kappa shape index (κ1) is 16.8. The lowest BCUT2D eigenvalue weighted by atomic mass is 9.78. The van der Waals surface area contributed by atoms with Crippen molar-refractivity contribution in [2.24, 2.45) is 5.92 Å². The summed E-state index contributed by atoms with van der Waals surface area (Å²) in [5.41, 5.74) is 0.604. The molecule has 2 aliphatic rings. The molecule has 2 fully saturated rings. The third-order valence-corrected chi connectivity index (χ3v) is 5.11. The van der Waals surface area contributed by atoms with Crippen molar-refractivity contribution in [3.8, 4) is 5.75 Å². The number of hydrogen-bond acceptors (Lipinski definition) is 3. The highest BCUT2D eigenvalue weighted by Crippen LogP contribution is 2.35. The molecule has 1 N–H and O–H groups in total. The van der Waals surface area contributed by atoms with Crippen LogP contribution >= 0.6 is 0 Å². The van der Waals surface area contributed by atoms with E-state index in [1.165, 1.54) is 32.6 Å². The largest absolute Gasteiger partial charge is 0.482 e. The molecule has 0 bridgehead atoms. The average molecular weight is 330 g/mol. The molecule has 1 saturated carbocycles. The summed E-state index contributed by atoms with van der Waals surface area (Å²) in [6, 6.07) is 7.62. The molecule has 5 nitrogen and oxygen atoms in total. The highest BCUT2D eigenvalue weighted by atomic mass is 16.5. The van der Waals surface area contributed by atoms with Crippen LogP contribution in [0.15, 0.2) is 24.3 Å². The number of piperidine rings is 1. The molecule has 24 heavy (non-hydrogen) atoms. The van der Waals surface area contributed by atoms with Crippen LogP contribution in [0, 0.1) is 5.92 Å². The van der Waals surface area contributed by atoms with Gasteiger partial charge in [-0.15, -0.1) is 0 Å². The second-order valence-corrected chi connectivity index (χ2v) is 6.81. The number of para-hydroxylation sites is 2. The summed E-state index contributed by atoms with van der Waals surface area (Å²) in [4.78, 5) is 26.0. The smallest absolute Gasteiger partial charge is 0.260 e. The Bertz CT molecular complexity index is 600. The van der Waals surface area contributed by atoms with E-state index in [2.05, 4.69) is 5.32 Å². The normalized spacial score (nSPS) is 23.3. The number of anilines is 1. The molecule has 1 aromatic rings. The van der Waals surface area contributed by atoms with E-state index in [0.29, 0.717) is 23.4 Å². The molecular formula is C19H26N2O3. The molecule has 1 aliphatic carbocycles. The van der Waals surface area contributed by atoms with Crippen LogP contribution in [0.5, 0.6) is 5.75 Å². The van der Waals surface area contributed by atoms with Crippen LogP contribution in [-0.2, 0) is 9.59 Å². The minimum atomic E-state index is -0.154. The van der Waals surface area contributed by atoms with E-state index in [9.17, 15) is 9.59 Å². The number of nitrogens with zero attached hydrogens (tertiary/aromatic N) is 1. The van der Waals surface area contributed by atoms with Gasteiger partial charge in [0.2, 0.25) is 5.91 Å². The zero-order chi connectivity index (χ0) is 16.9. The number of benzene rings is 1. The lowest BCUT2D eigenvalue weighted by Crippen LogP contribution is -2.51. The Labute approximate surface area is 143 Å². The molecule has 1 aromatic carbocycles. The topological polar surface area (TPSA) is 58.6 Å². The van der Waals surface area contributed by atoms with E-state index in [0.717, 1.165) is 19.4 Å². The predicted molar refractivity (Wildman–Crippen MR) is 92.9 cm³/mol. The lowest BCUT2D eigenvalue weighted by molar-refractivity contribution is -0.139. The Kier molecular flexibility index (Phi) is 5.38. The molecular weight excluding hydrogens is 304 g/mol. The molecule has 2 atom stereocenters. The van der Waals surface area contributed by atoms with E-state index in [4.69, 9.17) is 4.74 Å². The van der Waals surface area contributed by atoms with Crippen LogP contribution in [-0.4, -0.2) is 35.9 Å². The van der Waals surface area contributed by atoms with Gasteiger partial charge in [-0.05, 0) is 43.7 Å². The van der Waals surface area contributed by atoms with Crippen molar-refractivity contribution in [2.45, 2.75) is 51.5 Å². The molecule has 1 heterocycles. The first-order valence-electron chi connectivity index (χ1n) is 8.94. The lowest BCUT2D eigenvalue weighted by Gasteiger charge is -2.44. The fourth-order valence-corrected chi connectivity index (χ4v) is 4.04. The zero-order valence-electron chi connectivity index (χ0n) is 14.3. The second-order valence-electron chi connectivity index (χ2n) is 6.81. The van der Waals surface area contributed by atoms with E-state index < -0.39 is 0 Å². The number of ether oxygens (including phenoxy) is 1. The number of rotatable bonds is 4. The number of nitrogens with one attached hydrogen (secondary N) is 1. The third kappa shape index (κ3) is 3.89. The van der Waals surface area contributed by atoms with Crippen LogP contribution in [0.4, 0.5) is 5.69 Å². The molecule has 0 radical (unpaired) electrons. The van der Waals surface area contributed by atoms with Gasteiger partial charge in [0.1, 0.15) is 5.75 Å². The van der Waals surface area contributed by atoms with Gasteiger partial charge in [0.25, 0.3) is 5.91 Å². The molecule has 3 rings (SSSR count). The van der Waals surface area contributed by atoms with E-state index in [1.807, 2.05) is 17.0 Å². The maximum Gasteiger partial charge on any atom is 0.260 e. The van der Waals surface area contributed by atoms with Crippen molar-refractivity contribution in [3.05, 3.63) is 24.3 Å². The molecule has 0 unspecified atom stereocenters. The van der Waals surface area contributed by atoms with Gasteiger partial charge in [-0.25, -0.2) is 0 Å². The molecule has 0 spiro atoms. The number of carbonyl (C=O) groups excluding carboxylic acids is 2. The van der Waals surface area contributed by atoms with Gasteiger partial charge in [0, 0.05) is 19.5 Å². The number of carbonyl (C=O) groups is 2. The summed E-state index contributed by atoms with van der Waals surface area (Å²) < 4.78 is 5.73. The SMILES string of the molecule is CC(=O)Nc1ccccc1OCC(=O)N1CCC[C@@H]2CCCC[C@H]21. The fourth-order valence-electron chi connectivity index (χ4n) is 4.04. The summed E-state index contributed by atoms with van der Waals surface area (Å²) in [5, 5.41) is 2.73. The molecule has 2 amide bonds. The van der Waals surface area contributed by atoms with Gasteiger partial charge < -0.3 is 15.0 Å². The number of amides is 2. The quantitative estimate of drug-likeness (QED) is 0.922. The first-order valence-corrected chi connectivity index (χ1v) is 8.94. The van der Waals surface area contributed by atoms with E-state index in [-0.39, 0.29) is 18.4 Å². The maximum absolute atomic E-state index is 12.7. The Balaban J connectivity index is 1.62. The Morgan fingerprint density at radius 3 is 2.75 bits per heavy atom. The second kappa shape index (κ2) is 7.69. The van der Waals surface area contributed by atoms with Crippen LogP contribution in [0.3, 0.4) is 0 Å². The minimum Gasteiger partial charge on any atom is -0.482 e. The van der Waals surface area contributed by atoms with Crippen LogP contribution in [0.25, 0.3) is 0 Å². The van der Waals surface area contributed by atoms with Gasteiger partial charge in [-0.3, -0.25) is 9.59 Å². The summed E-state index contributed by atoms with van der Waals surface area (Å²) in [6.45, 7) is 2.33. The standard InChI is InChI=1S/C19H26N2O3/c1-14(22)20-16-9-3-5-11-18(16)24-13-19(23)21-12-6-8-15-7-2-4-10-17(15)21/h3,5,9,11,15,17H,2,4,6-8,10,12-13H2,1H3,(H,20,22)/t15-,17+/m0/s1. The first-order chi connectivity index (χ1) is 11.6. The summed E-state index contributed by atoms with van der Waals surface area (Å²) in [7, 11) is 0.